The van der Waals surface area contributed by atoms with Crippen LogP contribution in [0, 0.1) is 0 Å². The summed E-state index contributed by atoms with van der Waals surface area (Å²) in [5, 5.41) is 9.84. The van der Waals surface area contributed by atoms with Crippen molar-refractivity contribution in [1.82, 2.24) is 19.7 Å². The van der Waals surface area contributed by atoms with Gasteiger partial charge in [-0.1, -0.05) is 42.1 Å². The molecule has 1 saturated heterocycles. The van der Waals surface area contributed by atoms with Crippen LogP contribution >= 0.6 is 11.8 Å². The molecule has 1 fully saturated rings. The lowest BCUT2D eigenvalue weighted by molar-refractivity contribution is -0.128. The third kappa shape index (κ3) is 4.28. The number of hydrogen-bond donors (Lipinski definition) is 0. The molecular weight excluding hydrogens is 438 g/mol. The van der Waals surface area contributed by atoms with Crippen molar-refractivity contribution in [3.8, 4) is 17.3 Å². The zero-order valence-electron chi connectivity index (χ0n) is 18.6. The first-order valence-electron chi connectivity index (χ1n) is 10.8. The number of aryl methyl sites for hydroxylation is 1. The van der Waals surface area contributed by atoms with Gasteiger partial charge in [0.05, 0.1) is 18.6 Å². The van der Waals surface area contributed by atoms with E-state index in [4.69, 9.17) is 9.15 Å². The van der Waals surface area contributed by atoms with E-state index >= 15 is 0 Å². The molecule has 0 radical (unpaired) electrons. The highest BCUT2D eigenvalue weighted by molar-refractivity contribution is 7.99. The maximum atomic E-state index is 12.8. The second-order valence-electron chi connectivity index (χ2n) is 7.85. The summed E-state index contributed by atoms with van der Waals surface area (Å²) < 4.78 is 13.3. The fourth-order valence-corrected chi connectivity index (χ4v) is 4.83. The molecular formula is C24H25N5O3S. The summed E-state index contributed by atoms with van der Waals surface area (Å²) in [6.45, 7) is 2.87. The minimum Gasteiger partial charge on any atom is -0.495 e. The Morgan fingerprint density at radius 2 is 1.82 bits per heavy atom. The molecule has 0 atom stereocenters. The molecule has 1 aliphatic heterocycles. The summed E-state index contributed by atoms with van der Waals surface area (Å²) in [6, 6.07) is 18.1. The van der Waals surface area contributed by atoms with Crippen molar-refractivity contribution in [2.24, 2.45) is 7.05 Å². The molecule has 0 bridgehead atoms. The standard InChI is InChI=1S/C24H25N5O3S/c1-27-18-8-4-3-7-17(18)15-20(27)23-25-26-24(32-23)33-16-22(30)29-13-11-28(12-14-29)19-9-5-6-10-21(19)31-2/h3-10,15H,11-14,16H2,1-2H3. The van der Waals surface area contributed by atoms with E-state index in [0.717, 1.165) is 41.1 Å². The SMILES string of the molecule is COc1ccccc1N1CCN(C(=O)CSc2nnc(-c3cc4ccccc4n3C)o2)CC1. The Balaban J connectivity index is 1.18. The third-order valence-electron chi connectivity index (χ3n) is 5.95. The molecule has 0 unspecified atom stereocenters. The number of carbonyl (C=O) groups excluding carboxylic acids is 1. The number of amides is 1. The predicted molar refractivity (Wildman–Crippen MR) is 129 cm³/mol. The minimum atomic E-state index is 0.0732. The van der Waals surface area contributed by atoms with Crippen LogP contribution in [0.1, 0.15) is 0 Å². The van der Waals surface area contributed by atoms with Gasteiger partial charge in [0, 0.05) is 44.1 Å². The Hall–Kier alpha value is -3.46. The van der Waals surface area contributed by atoms with Crippen LogP contribution in [-0.4, -0.2) is 64.6 Å². The Kier molecular flexibility index (Phi) is 5.95. The highest BCUT2D eigenvalue weighted by atomic mass is 32.2. The first-order chi connectivity index (χ1) is 16.1. The van der Waals surface area contributed by atoms with Crippen LogP contribution < -0.4 is 9.64 Å². The van der Waals surface area contributed by atoms with Crippen molar-refractivity contribution >= 4 is 34.3 Å². The molecule has 0 aliphatic carbocycles. The van der Waals surface area contributed by atoms with Crippen molar-refractivity contribution < 1.29 is 13.9 Å². The van der Waals surface area contributed by atoms with Gasteiger partial charge in [-0.15, -0.1) is 10.2 Å². The van der Waals surface area contributed by atoms with Gasteiger partial charge in [-0.25, -0.2) is 0 Å². The summed E-state index contributed by atoms with van der Waals surface area (Å²) in [5.41, 5.74) is 3.02. The molecule has 8 nitrogen and oxygen atoms in total. The Morgan fingerprint density at radius 1 is 1.06 bits per heavy atom. The highest BCUT2D eigenvalue weighted by Crippen LogP contribution is 2.30. The lowest BCUT2D eigenvalue weighted by atomic mass is 10.2. The molecule has 2 aromatic heterocycles. The van der Waals surface area contributed by atoms with E-state index in [1.165, 1.54) is 11.8 Å². The average molecular weight is 464 g/mol. The maximum Gasteiger partial charge on any atom is 0.277 e. The van der Waals surface area contributed by atoms with Crippen LogP contribution in [-0.2, 0) is 11.8 Å². The van der Waals surface area contributed by atoms with Gasteiger partial charge in [0.2, 0.25) is 5.91 Å². The molecule has 170 valence electrons. The largest absolute Gasteiger partial charge is 0.495 e. The summed E-state index contributed by atoms with van der Waals surface area (Å²) in [6.07, 6.45) is 0. The minimum absolute atomic E-state index is 0.0732. The first kappa shape index (κ1) is 21.4. The molecule has 33 heavy (non-hydrogen) atoms. The topological polar surface area (TPSA) is 76.6 Å². The quantitative estimate of drug-likeness (QED) is 0.404. The molecule has 3 heterocycles. The molecule has 0 spiro atoms. The lowest BCUT2D eigenvalue weighted by Gasteiger charge is -2.36. The zero-order valence-corrected chi connectivity index (χ0v) is 19.4. The fourth-order valence-electron chi connectivity index (χ4n) is 4.17. The summed E-state index contributed by atoms with van der Waals surface area (Å²) in [5.74, 6) is 1.65. The molecule has 0 N–H and O–H groups in total. The number of aromatic nitrogens is 3. The van der Waals surface area contributed by atoms with Crippen LogP contribution in [0.15, 0.2) is 64.2 Å². The van der Waals surface area contributed by atoms with Gasteiger partial charge in [0.1, 0.15) is 11.4 Å². The summed E-state index contributed by atoms with van der Waals surface area (Å²) >= 11 is 1.28. The van der Waals surface area contributed by atoms with E-state index in [0.29, 0.717) is 24.2 Å². The normalized spacial score (nSPS) is 14.1. The first-order valence-corrected chi connectivity index (χ1v) is 11.8. The number of nitrogens with zero attached hydrogens (tertiary/aromatic N) is 5. The second kappa shape index (κ2) is 9.19. The number of rotatable bonds is 6. The molecule has 4 aromatic rings. The van der Waals surface area contributed by atoms with Crippen molar-refractivity contribution in [2.45, 2.75) is 5.22 Å². The summed E-state index contributed by atoms with van der Waals surface area (Å²) in [4.78, 5) is 16.9. The van der Waals surface area contributed by atoms with Crippen molar-refractivity contribution in [3.05, 3.63) is 54.6 Å². The second-order valence-corrected chi connectivity index (χ2v) is 8.78. The van der Waals surface area contributed by atoms with Gasteiger partial charge in [-0.3, -0.25) is 4.79 Å². The fraction of sp³-hybridized carbons (Fsp3) is 0.292. The Labute approximate surface area is 196 Å². The van der Waals surface area contributed by atoms with Gasteiger partial charge in [0.25, 0.3) is 11.1 Å². The van der Waals surface area contributed by atoms with Crippen molar-refractivity contribution in [3.63, 3.8) is 0 Å². The third-order valence-corrected chi connectivity index (χ3v) is 6.76. The maximum absolute atomic E-state index is 12.8. The Morgan fingerprint density at radius 3 is 2.61 bits per heavy atom. The number of benzene rings is 2. The molecule has 5 rings (SSSR count). The zero-order chi connectivity index (χ0) is 22.8. The van der Waals surface area contributed by atoms with Crippen LogP contribution in [0.25, 0.3) is 22.5 Å². The number of thioether (sulfide) groups is 1. The van der Waals surface area contributed by atoms with E-state index < -0.39 is 0 Å². The average Bonchev–Trinajstić information content (AvgIpc) is 3.47. The van der Waals surface area contributed by atoms with E-state index in [-0.39, 0.29) is 11.7 Å². The molecule has 9 heteroatoms. The smallest absolute Gasteiger partial charge is 0.277 e. The number of fused-ring (bicyclic) bond motifs is 1. The number of methoxy groups -OCH3 is 1. The van der Waals surface area contributed by atoms with Gasteiger partial charge in [-0.2, -0.15) is 0 Å². The van der Waals surface area contributed by atoms with Gasteiger partial charge in [-0.05, 0) is 24.3 Å². The van der Waals surface area contributed by atoms with E-state index in [2.05, 4.69) is 33.3 Å². The Bertz CT molecular complexity index is 1280. The molecule has 1 aliphatic rings. The van der Waals surface area contributed by atoms with Gasteiger partial charge in [0.15, 0.2) is 0 Å². The number of ether oxygens (including phenoxy) is 1. The van der Waals surface area contributed by atoms with E-state index in [9.17, 15) is 4.79 Å². The van der Waals surface area contributed by atoms with Crippen LogP contribution in [0.3, 0.4) is 0 Å². The highest BCUT2D eigenvalue weighted by Gasteiger charge is 2.23. The monoisotopic (exact) mass is 463 g/mol. The van der Waals surface area contributed by atoms with Crippen molar-refractivity contribution in [2.75, 3.05) is 43.9 Å². The van der Waals surface area contributed by atoms with Crippen molar-refractivity contribution in [1.29, 1.82) is 0 Å². The molecule has 2 aromatic carbocycles. The van der Waals surface area contributed by atoms with Crippen LogP contribution in [0.5, 0.6) is 5.75 Å². The number of piperazine rings is 1. The number of anilines is 1. The molecule has 0 saturated carbocycles. The van der Waals surface area contributed by atoms with Gasteiger partial charge >= 0.3 is 0 Å². The van der Waals surface area contributed by atoms with E-state index in [1.54, 1.807) is 7.11 Å². The van der Waals surface area contributed by atoms with Crippen LogP contribution in [0.2, 0.25) is 0 Å². The number of para-hydroxylation sites is 3. The molecule has 1 amide bonds. The lowest BCUT2D eigenvalue weighted by Crippen LogP contribution is -2.49. The van der Waals surface area contributed by atoms with Gasteiger partial charge < -0.3 is 23.5 Å². The number of hydrogen-bond acceptors (Lipinski definition) is 7. The summed E-state index contributed by atoms with van der Waals surface area (Å²) in [7, 11) is 3.65. The predicted octanol–water partition coefficient (Wildman–Crippen LogP) is 3.68. The number of carbonyl (C=O) groups is 1. The van der Waals surface area contributed by atoms with E-state index in [1.807, 2.05) is 52.9 Å². The van der Waals surface area contributed by atoms with Crippen LogP contribution in [0.4, 0.5) is 5.69 Å².